The molecule has 0 spiro atoms. The topological polar surface area (TPSA) is 47.6 Å². The number of para-hydroxylation sites is 1. The number of benzene rings is 2. The summed E-state index contributed by atoms with van der Waals surface area (Å²) in [5.41, 5.74) is 0.650. The highest BCUT2D eigenvalue weighted by Crippen LogP contribution is 2.16. The van der Waals surface area contributed by atoms with Crippen molar-refractivity contribution < 1.29 is 14.3 Å². The summed E-state index contributed by atoms with van der Waals surface area (Å²) < 4.78 is 10.1. The molecule has 0 radical (unpaired) electrons. The molecule has 0 aromatic heterocycles. The molecule has 2 rings (SSSR count). The number of anilines is 1. The maximum absolute atomic E-state index is 11.6. The SMILES string of the molecule is COc1ccc(NC(=O)Oc2ccccc2)cc1. The van der Waals surface area contributed by atoms with Crippen molar-refractivity contribution in [3.8, 4) is 11.5 Å². The Morgan fingerprint density at radius 3 is 2.22 bits per heavy atom. The normalized spacial score (nSPS) is 9.61. The summed E-state index contributed by atoms with van der Waals surface area (Å²) >= 11 is 0. The molecule has 18 heavy (non-hydrogen) atoms. The first-order valence-electron chi connectivity index (χ1n) is 5.46. The first kappa shape index (κ1) is 12.0. The third-order valence-electron chi connectivity index (χ3n) is 2.29. The first-order chi connectivity index (χ1) is 8.78. The number of hydrogen-bond donors (Lipinski definition) is 1. The lowest BCUT2D eigenvalue weighted by molar-refractivity contribution is 0.215. The Kier molecular flexibility index (Phi) is 3.81. The average molecular weight is 243 g/mol. The Morgan fingerprint density at radius 2 is 1.61 bits per heavy atom. The minimum Gasteiger partial charge on any atom is -0.497 e. The molecule has 2 aromatic rings. The molecule has 92 valence electrons. The van der Waals surface area contributed by atoms with Crippen LogP contribution in [0.2, 0.25) is 0 Å². The van der Waals surface area contributed by atoms with Gasteiger partial charge in [0.2, 0.25) is 0 Å². The van der Waals surface area contributed by atoms with Crippen molar-refractivity contribution in [2.75, 3.05) is 12.4 Å². The summed E-state index contributed by atoms with van der Waals surface area (Å²) in [7, 11) is 1.59. The zero-order valence-corrected chi connectivity index (χ0v) is 9.92. The molecule has 0 aliphatic rings. The smallest absolute Gasteiger partial charge is 0.417 e. The molecule has 0 heterocycles. The fraction of sp³-hybridized carbons (Fsp3) is 0.0714. The van der Waals surface area contributed by atoms with Crippen LogP contribution in [0.3, 0.4) is 0 Å². The minimum absolute atomic E-state index is 0.503. The summed E-state index contributed by atoms with van der Waals surface area (Å²) in [5, 5.41) is 2.62. The second-order valence-corrected chi connectivity index (χ2v) is 3.56. The van der Waals surface area contributed by atoms with Gasteiger partial charge in [0, 0.05) is 5.69 Å². The molecular weight excluding hydrogens is 230 g/mol. The van der Waals surface area contributed by atoms with Crippen molar-refractivity contribution >= 4 is 11.8 Å². The minimum atomic E-state index is -0.522. The lowest BCUT2D eigenvalue weighted by Gasteiger charge is -2.07. The summed E-state index contributed by atoms with van der Waals surface area (Å²) in [6, 6.07) is 15.9. The molecule has 0 aliphatic heterocycles. The Balaban J connectivity index is 1.94. The number of rotatable bonds is 3. The van der Waals surface area contributed by atoms with E-state index in [0.29, 0.717) is 11.4 Å². The Bertz CT molecular complexity index is 508. The summed E-state index contributed by atoms with van der Waals surface area (Å²) in [4.78, 5) is 11.6. The van der Waals surface area contributed by atoms with Crippen LogP contribution in [0.1, 0.15) is 0 Å². The van der Waals surface area contributed by atoms with Gasteiger partial charge in [-0.25, -0.2) is 4.79 Å². The zero-order chi connectivity index (χ0) is 12.8. The van der Waals surface area contributed by atoms with E-state index < -0.39 is 6.09 Å². The van der Waals surface area contributed by atoms with Crippen LogP contribution >= 0.6 is 0 Å². The van der Waals surface area contributed by atoms with Gasteiger partial charge >= 0.3 is 6.09 Å². The molecule has 0 aliphatic carbocycles. The molecule has 0 atom stereocenters. The van der Waals surface area contributed by atoms with Crippen molar-refractivity contribution in [1.29, 1.82) is 0 Å². The molecule has 0 fully saturated rings. The van der Waals surface area contributed by atoms with Crippen LogP contribution in [-0.2, 0) is 0 Å². The molecule has 0 saturated heterocycles. The fourth-order valence-electron chi connectivity index (χ4n) is 1.41. The highest BCUT2D eigenvalue weighted by Gasteiger charge is 2.04. The summed E-state index contributed by atoms with van der Waals surface area (Å²) in [5.74, 6) is 1.24. The zero-order valence-electron chi connectivity index (χ0n) is 9.92. The maximum atomic E-state index is 11.6. The van der Waals surface area contributed by atoms with Gasteiger partial charge in [-0.2, -0.15) is 0 Å². The first-order valence-corrected chi connectivity index (χ1v) is 5.46. The lowest BCUT2D eigenvalue weighted by atomic mass is 10.3. The predicted molar refractivity (Wildman–Crippen MR) is 69.1 cm³/mol. The van der Waals surface area contributed by atoms with Crippen LogP contribution in [0.25, 0.3) is 0 Å². The highest BCUT2D eigenvalue weighted by molar-refractivity contribution is 5.86. The molecule has 2 aromatic carbocycles. The number of carbonyl (C=O) groups excluding carboxylic acids is 1. The van der Waals surface area contributed by atoms with Crippen molar-refractivity contribution in [3.63, 3.8) is 0 Å². The number of carbonyl (C=O) groups is 1. The number of hydrogen-bond acceptors (Lipinski definition) is 3. The standard InChI is InChI=1S/C14H13NO3/c1-17-12-9-7-11(8-10-12)15-14(16)18-13-5-3-2-4-6-13/h2-10H,1H3,(H,15,16). The largest absolute Gasteiger partial charge is 0.497 e. The highest BCUT2D eigenvalue weighted by atomic mass is 16.6. The molecule has 4 heteroatoms. The van der Waals surface area contributed by atoms with E-state index in [1.54, 1.807) is 55.6 Å². The molecule has 4 nitrogen and oxygen atoms in total. The van der Waals surface area contributed by atoms with Gasteiger partial charge in [-0.3, -0.25) is 5.32 Å². The van der Waals surface area contributed by atoms with E-state index in [0.717, 1.165) is 5.75 Å². The van der Waals surface area contributed by atoms with Crippen molar-refractivity contribution in [1.82, 2.24) is 0 Å². The van der Waals surface area contributed by atoms with E-state index in [1.165, 1.54) is 0 Å². The molecule has 1 N–H and O–H groups in total. The van der Waals surface area contributed by atoms with Gasteiger partial charge < -0.3 is 9.47 Å². The van der Waals surface area contributed by atoms with Gasteiger partial charge in [-0.05, 0) is 36.4 Å². The van der Waals surface area contributed by atoms with Crippen molar-refractivity contribution in [2.45, 2.75) is 0 Å². The van der Waals surface area contributed by atoms with E-state index in [9.17, 15) is 4.79 Å². The number of methoxy groups -OCH3 is 1. The van der Waals surface area contributed by atoms with E-state index in [1.807, 2.05) is 6.07 Å². The van der Waals surface area contributed by atoms with Crippen LogP contribution in [0, 0.1) is 0 Å². The Labute approximate surface area is 105 Å². The van der Waals surface area contributed by atoms with Crippen LogP contribution in [-0.4, -0.2) is 13.2 Å². The molecule has 0 saturated carbocycles. The van der Waals surface area contributed by atoms with Crippen molar-refractivity contribution in [3.05, 3.63) is 54.6 Å². The van der Waals surface area contributed by atoms with Gasteiger partial charge in [0.1, 0.15) is 11.5 Å². The van der Waals surface area contributed by atoms with Crippen LogP contribution in [0.4, 0.5) is 10.5 Å². The number of nitrogens with one attached hydrogen (secondary N) is 1. The Morgan fingerprint density at radius 1 is 0.944 bits per heavy atom. The van der Waals surface area contributed by atoms with Gasteiger partial charge in [-0.1, -0.05) is 18.2 Å². The quantitative estimate of drug-likeness (QED) is 0.899. The molecular formula is C14H13NO3. The number of amides is 1. The van der Waals surface area contributed by atoms with E-state index in [-0.39, 0.29) is 0 Å². The second kappa shape index (κ2) is 5.72. The van der Waals surface area contributed by atoms with Crippen LogP contribution in [0.15, 0.2) is 54.6 Å². The van der Waals surface area contributed by atoms with Gasteiger partial charge in [0.15, 0.2) is 0 Å². The monoisotopic (exact) mass is 243 g/mol. The lowest BCUT2D eigenvalue weighted by Crippen LogP contribution is -2.16. The van der Waals surface area contributed by atoms with E-state index in [4.69, 9.17) is 9.47 Å². The van der Waals surface area contributed by atoms with Crippen LogP contribution < -0.4 is 14.8 Å². The Hall–Kier alpha value is -2.49. The predicted octanol–water partition coefficient (Wildman–Crippen LogP) is 3.31. The second-order valence-electron chi connectivity index (χ2n) is 3.56. The molecule has 0 bridgehead atoms. The summed E-state index contributed by atoms with van der Waals surface area (Å²) in [6.07, 6.45) is -0.522. The van der Waals surface area contributed by atoms with Gasteiger partial charge in [0.05, 0.1) is 7.11 Å². The fourth-order valence-corrected chi connectivity index (χ4v) is 1.41. The summed E-state index contributed by atoms with van der Waals surface area (Å²) in [6.45, 7) is 0. The van der Waals surface area contributed by atoms with Crippen molar-refractivity contribution in [2.24, 2.45) is 0 Å². The number of ether oxygens (including phenoxy) is 2. The third kappa shape index (κ3) is 3.25. The van der Waals surface area contributed by atoms with Gasteiger partial charge in [0.25, 0.3) is 0 Å². The van der Waals surface area contributed by atoms with E-state index >= 15 is 0 Å². The third-order valence-corrected chi connectivity index (χ3v) is 2.29. The molecule has 1 amide bonds. The average Bonchev–Trinajstić information content (AvgIpc) is 2.40. The van der Waals surface area contributed by atoms with E-state index in [2.05, 4.69) is 5.32 Å². The molecule has 0 unspecified atom stereocenters. The van der Waals surface area contributed by atoms with Crippen LogP contribution in [0.5, 0.6) is 11.5 Å². The van der Waals surface area contributed by atoms with Gasteiger partial charge in [-0.15, -0.1) is 0 Å². The maximum Gasteiger partial charge on any atom is 0.417 e.